The van der Waals surface area contributed by atoms with Gasteiger partial charge in [-0.2, -0.15) is 0 Å². The first-order chi connectivity index (χ1) is 11.0. The number of nitrogens with one attached hydrogen (secondary N) is 2. The van der Waals surface area contributed by atoms with Crippen molar-refractivity contribution >= 4 is 23.4 Å². The van der Waals surface area contributed by atoms with Gasteiger partial charge in [0, 0.05) is 30.3 Å². The van der Waals surface area contributed by atoms with Crippen LogP contribution in [0.4, 0.5) is 0 Å². The minimum absolute atomic E-state index is 0.139. The average Bonchev–Trinajstić information content (AvgIpc) is 2.52. The van der Waals surface area contributed by atoms with Crippen LogP contribution in [0, 0.1) is 0 Å². The van der Waals surface area contributed by atoms with Gasteiger partial charge in [-0.1, -0.05) is 24.8 Å². The SMILES string of the molecule is C=C(CCNC(=O)/C=C/C(=C)OC)NC(=O)CO/C=C/C=C/Cl. The predicted octanol–water partition coefficient (Wildman–Crippen LogP) is 2.12. The first-order valence-corrected chi connectivity index (χ1v) is 7.13. The maximum Gasteiger partial charge on any atom is 0.261 e. The lowest BCUT2D eigenvalue weighted by atomic mass is 10.3. The molecule has 0 atom stereocenters. The number of rotatable bonds is 11. The van der Waals surface area contributed by atoms with Gasteiger partial charge in [0.25, 0.3) is 5.91 Å². The molecule has 0 saturated heterocycles. The summed E-state index contributed by atoms with van der Waals surface area (Å²) < 4.78 is 9.75. The first kappa shape index (κ1) is 20.5. The number of ether oxygens (including phenoxy) is 2. The Morgan fingerprint density at radius 2 is 1.96 bits per heavy atom. The van der Waals surface area contributed by atoms with Gasteiger partial charge >= 0.3 is 0 Å². The van der Waals surface area contributed by atoms with E-state index in [4.69, 9.17) is 21.1 Å². The molecule has 0 unspecified atom stereocenters. The molecule has 0 heterocycles. The molecular weight excluding hydrogens is 320 g/mol. The number of hydrogen-bond acceptors (Lipinski definition) is 4. The zero-order valence-electron chi connectivity index (χ0n) is 13.0. The molecule has 0 aliphatic rings. The third-order valence-corrected chi connectivity index (χ3v) is 2.44. The summed E-state index contributed by atoms with van der Waals surface area (Å²) in [5, 5.41) is 5.20. The van der Waals surface area contributed by atoms with Gasteiger partial charge < -0.3 is 20.1 Å². The molecular formula is C16H21ClN2O4. The molecule has 2 amide bonds. The van der Waals surface area contributed by atoms with E-state index < -0.39 is 0 Å². The van der Waals surface area contributed by atoms with Crippen molar-refractivity contribution < 1.29 is 19.1 Å². The minimum Gasteiger partial charge on any atom is -0.497 e. The van der Waals surface area contributed by atoms with E-state index in [-0.39, 0.29) is 18.4 Å². The highest BCUT2D eigenvalue weighted by atomic mass is 35.5. The summed E-state index contributed by atoms with van der Waals surface area (Å²) in [4.78, 5) is 22.9. The topological polar surface area (TPSA) is 76.7 Å². The summed E-state index contributed by atoms with van der Waals surface area (Å²) in [7, 11) is 1.46. The molecule has 0 aromatic heterocycles. The van der Waals surface area contributed by atoms with Gasteiger partial charge in [0.1, 0.15) is 5.76 Å². The van der Waals surface area contributed by atoms with Crippen LogP contribution in [0.5, 0.6) is 0 Å². The number of halogens is 1. The highest BCUT2D eigenvalue weighted by Crippen LogP contribution is 1.94. The smallest absolute Gasteiger partial charge is 0.261 e. The van der Waals surface area contributed by atoms with Crippen molar-refractivity contribution in [2.45, 2.75) is 6.42 Å². The van der Waals surface area contributed by atoms with Crippen molar-refractivity contribution in [2.75, 3.05) is 20.3 Å². The van der Waals surface area contributed by atoms with Crippen LogP contribution in [-0.4, -0.2) is 32.1 Å². The second-order valence-electron chi connectivity index (χ2n) is 4.15. The van der Waals surface area contributed by atoms with E-state index in [9.17, 15) is 9.59 Å². The molecule has 0 bridgehead atoms. The highest BCUT2D eigenvalue weighted by molar-refractivity contribution is 6.25. The molecule has 0 rings (SSSR count). The molecule has 0 fully saturated rings. The third-order valence-electron chi connectivity index (χ3n) is 2.30. The molecule has 7 heteroatoms. The van der Waals surface area contributed by atoms with Crippen LogP contribution < -0.4 is 10.6 Å². The van der Waals surface area contributed by atoms with Crippen LogP contribution in [0.1, 0.15) is 6.42 Å². The molecule has 2 N–H and O–H groups in total. The van der Waals surface area contributed by atoms with Crippen molar-refractivity contribution in [3.8, 4) is 0 Å². The van der Waals surface area contributed by atoms with Crippen molar-refractivity contribution in [2.24, 2.45) is 0 Å². The highest BCUT2D eigenvalue weighted by Gasteiger charge is 2.03. The Labute approximate surface area is 141 Å². The fraction of sp³-hybridized carbons (Fsp3) is 0.250. The molecule has 126 valence electrons. The molecule has 0 spiro atoms. The number of methoxy groups -OCH3 is 1. The van der Waals surface area contributed by atoms with Crippen LogP contribution in [0.3, 0.4) is 0 Å². The largest absolute Gasteiger partial charge is 0.497 e. The number of amides is 2. The molecule has 6 nitrogen and oxygen atoms in total. The van der Waals surface area contributed by atoms with Crippen LogP contribution in [0.15, 0.2) is 60.7 Å². The van der Waals surface area contributed by atoms with Gasteiger partial charge in [-0.25, -0.2) is 0 Å². The number of allylic oxidation sites excluding steroid dienone is 3. The van der Waals surface area contributed by atoms with E-state index in [0.717, 1.165) is 0 Å². The molecule has 0 aromatic rings. The Morgan fingerprint density at radius 3 is 2.61 bits per heavy atom. The molecule has 0 aliphatic carbocycles. The maximum atomic E-state index is 11.5. The van der Waals surface area contributed by atoms with Gasteiger partial charge in [0.15, 0.2) is 6.61 Å². The van der Waals surface area contributed by atoms with Crippen molar-refractivity contribution in [3.63, 3.8) is 0 Å². The van der Waals surface area contributed by atoms with Gasteiger partial charge in [-0.15, -0.1) is 0 Å². The lowest BCUT2D eigenvalue weighted by Gasteiger charge is -2.08. The van der Waals surface area contributed by atoms with E-state index in [0.29, 0.717) is 24.4 Å². The number of hydrogen-bond donors (Lipinski definition) is 2. The Kier molecular flexibility index (Phi) is 11.8. The van der Waals surface area contributed by atoms with E-state index >= 15 is 0 Å². The van der Waals surface area contributed by atoms with Crippen LogP contribution in [0.25, 0.3) is 0 Å². The Balaban J connectivity index is 3.86. The number of carbonyl (C=O) groups is 2. The minimum atomic E-state index is -0.336. The third kappa shape index (κ3) is 12.9. The van der Waals surface area contributed by atoms with Crippen LogP contribution >= 0.6 is 11.6 Å². The Bertz CT molecular complexity index is 510. The lowest BCUT2D eigenvalue weighted by Crippen LogP contribution is -2.29. The second kappa shape index (κ2) is 13.2. The van der Waals surface area contributed by atoms with Crippen molar-refractivity contribution in [1.82, 2.24) is 10.6 Å². The summed E-state index contributed by atoms with van der Waals surface area (Å²) in [6.45, 7) is 7.45. The Hall–Kier alpha value is -2.47. The van der Waals surface area contributed by atoms with E-state index in [2.05, 4.69) is 23.8 Å². The summed E-state index contributed by atoms with van der Waals surface area (Å²) in [6, 6.07) is 0. The van der Waals surface area contributed by atoms with Crippen molar-refractivity contribution in [3.05, 3.63) is 60.7 Å². The summed E-state index contributed by atoms with van der Waals surface area (Å²) in [6.07, 6.45) is 7.62. The van der Waals surface area contributed by atoms with Gasteiger partial charge in [-0.3, -0.25) is 9.59 Å². The fourth-order valence-electron chi connectivity index (χ4n) is 1.19. The van der Waals surface area contributed by atoms with Crippen molar-refractivity contribution in [1.29, 1.82) is 0 Å². The van der Waals surface area contributed by atoms with E-state index in [1.165, 1.54) is 31.1 Å². The van der Waals surface area contributed by atoms with Crippen LogP contribution in [-0.2, 0) is 19.1 Å². The normalized spacial score (nSPS) is 10.9. The zero-order chi connectivity index (χ0) is 17.5. The first-order valence-electron chi connectivity index (χ1n) is 6.69. The second-order valence-corrected chi connectivity index (χ2v) is 4.41. The molecule has 0 aromatic carbocycles. The summed E-state index contributed by atoms with van der Waals surface area (Å²) in [5.74, 6) is -0.243. The lowest BCUT2D eigenvalue weighted by molar-refractivity contribution is -0.123. The van der Waals surface area contributed by atoms with E-state index in [1.54, 1.807) is 12.2 Å². The maximum absolute atomic E-state index is 11.5. The molecule has 0 saturated carbocycles. The molecule has 0 radical (unpaired) electrons. The van der Waals surface area contributed by atoms with Crippen LogP contribution in [0.2, 0.25) is 0 Å². The van der Waals surface area contributed by atoms with Gasteiger partial charge in [0.05, 0.1) is 13.4 Å². The summed E-state index contributed by atoms with van der Waals surface area (Å²) in [5.41, 5.74) is 1.80. The molecule has 23 heavy (non-hydrogen) atoms. The van der Waals surface area contributed by atoms with Gasteiger partial charge in [-0.05, 0) is 18.2 Å². The Morgan fingerprint density at radius 1 is 1.22 bits per heavy atom. The monoisotopic (exact) mass is 340 g/mol. The fourth-order valence-corrected chi connectivity index (χ4v) is 1.28. The summed E-state index contributed by atoms with van der Waals surface area (Å²) >= 11 is 5.30. The quantitative estimate of drug-likeness (QED) is 0.343. The van der Waals surface area contributed by atoms with E-state index in [1.807, 2.05) is 0 Å². The average molecular weight is 341 g/mol. The molecule has 0 aliphatic heterocycles. The predicted molar refractivity (Wildman–Crippen MR) is 90.3 cm³/mol. The van der Waals surface area contributed by atoms with Gasteiger partial charge in [0.2, 0.25) is 5.91 Å². The number of carbonyl (C=O) groups excluding carboxylic acids is 2. The zero-order valence-corrected chi connectivity index (χ0v) is 13.8. The standard InChI is InChI=1S/C16H21ClN2O4/c1-13(19-16(21)12-23-11-5-4-9-17)8-10-18-15(20)7-6-14(2)22-3/h4-7,9,11H,1-2,8,10,12H2,3H3,(H,18,20)(H,19,21)/b7-6+,9-4+,11-5+.